The van der Waals surface area contributed by atoms with Gasteiger partial charge < -0.3 is 15.0 Å². The van der Waals surface area contributed by atoms with Crippen LogP contribution >= 0.6 is 11.3 Å². The van der Waals surface area contributed by atoms with Crippen LogP contribution in [0.2, 0.25) is 0 Å². The highest BCUT2D eigenvalue weighted by Gasteiger charge is 2.25. The Labute approximate surface area is 139 Å². The number of likely N-dealkylation sites (tertiary alicyclic amines) is 1. The highest BCUT2D eigenvalue weighted by molar-refractivity contribution is 7.12. The molecule has 2 amide bonds. The fraction of sp³-hybridized carbons (Fsp3) is 0.562. The van der Waals surface area contributed by atoms with Crippen LogP contribution in [0.5, 0.6) is 0 Å². The minimum atomic E-state index is -0.610. The number of hydrogen-bond acceptors (Lipinski definition) is 5. The largest absolute Gasteiger partial charge is 0.454 e. The van der Waals surface area contributed by atoms with Gasteiger partial charge in [-0.2, -0.15) is 0 Å². The van der Waals surface area contributed by atoms with Crippen LogP contribution in [0, 0.1) is 11.8 Å². The van der Waals surface area contributed by atoms with Gasteiger partial charge >= 0.3 is 5.97 Å². The summed E-state index contributed by atoms with van der Waals surface area (Å²) in [6.07, 6.45) is 1.11. The maximum atomic E-state index is 12.1. The van der Waals surface area contributed by atoms with Crippen molar-refractivity contribution >= 4 is 29.1 Å². The Hall–Kier alpha value is -1.89. The average molecular weight is 338 g/mol. The fourth-order valence-electron chi connectivity index (χ4n) is 2.80. The zero-order chi connectivity index (χ0) is 16.8. The quantitative estimate of drug-likeness (QED) is 0.826. The number of amides is 2. The molecule has 6 nitrogen and oxygen atoms in total. The SMILES string of the molecule is C[C@@H]1C[C@H](C)CN(C(=O)COC(=O)CNC(=O)c2cccs2)C1. The molecule has 23 heavy (non-hydrogen) atoms. The molecule has 0 unspecified atom stereocenters. The summed E-state index contributed by atoms with van der Waals surface area (Å²) in [6.45, 7) is 5.12. The lowest BCUT2D eigenvalue weighted by Crippen LogP contribution is -2.44. The minimum Gasteiger partial charge on any atom is -0.454 e. The van der Waals surface area contributed by atoms with E-state index in [-0.39, 0.29) is 25.0 Å². The van der Waals surface area contributed by atoms with Gasteiger partial charge in [0, 0.05) is 13.1 Å². The smallest absolute Gasteiger partial charge is 0.325 e. The molecule has 0 aromatic carbocycles. The molecule has 1 aromatic rings. The number of nitrogens with one attached hydrogen (secondary N) is 1. The van der Waals surface area contributed by atoms with Gasteiger partial charge in [-0.15, -0.1) is 11.3 Å². The number of rotatable bonds is 5. The van der Waals surface area contributed by atoms with Gasteiger partial charge in [-0.1, -0.05) is 19.9 Å². The lowest BCUT2D eigenvalue weighted by molar-refractivity contribution is -0.152. The molecule has 1 aromatic heterocycles. The third-order valence-corrected chi connectivity index (χ3v) is 4.59. The lowest BCUT2D eigenvalue weighted by Gasteiger charge is -2.34. The molecule has 1 aliphatic heterocycles. The maximum absolute atomic E-state index is 12.1. The maximum Gasteiger partial charge on any atom is 0.325 e. The number of hydrogen-bond donors (Lipinski definition) is 1. The molecule has 1 aliphatic rings. The van der Waals surface area contributed by atoms with E-state index in [1.807, 2.05) is 0 Å². The van der Waals surface area contributed by atoms with Crippen LogP contribution in [-0.2, 0) is 14.3 Å². The minimum absolute atomic E-state index is 0.179. The molecule has 1 fully saturated rings. The third-order valence-electron chi connectivity index (χ3n) is 3.72. The normalized spacial score (nSPS) is 20.9. The Balaban J connectivity index is 1.69. The Morgan fingerprint density at radius 2 is 2.00 bits per heavy atom. The first kappa shape index (κ1) is 17.5. The number of carbonyl (C=O) groups is 3. The highest BCUT2D eigenvalue weighted by atomic mass is 32.1. The third kappa shape index (κ3) is 5.35. The van der Waals surface area contributed by atoms with Crippen molar-refractivity contribution in [3.63, 3.8) is 0 Å². The van der Waals surface area contributed by atoms with Crippen molar-refractivity contribution in [2.24, 2.45) is 11.8 Å². The molecule has 0 spiro atoms. The van der Waals surface area contributed by atoms with Crippen molar-refractivity contribution in [3.8, 4) is 0 Å². The van der Waals surface area contributed by atoms with Crippen LogP contribution in [0.4, 0.5) is 0 Å². The summed E-state index contributed by atoms with van der Waals surface area (Å²) in [5.41, 5.74) is 0. The molecule has 0 bridgehead atoms. The second kappa shape index (κ2) is 8.10. The molecule has 2 heterocycles. The molecule has 2 rings (SSSR count). The van der Waals surface area contributed by atoms with E-state index in [9.17, 15) is 14.4 Å². The van der Waals surface area contributed by atoms with Crippen molar-refractivity contribution < 1.29 is 19.1 Å². The molecular weight excluding hydrogens is 316 g/mol. The lowest BCUT2D eigenvalue weighted by atomic mass is 9.92. The molecule has 126 valence electrons. The van der Waals surface area contributed by atoms with Crippen LogP contribution < -0.4 is 5.32 Å². The Morgan fingerprint density at radius 1 is 1.30 bits per heavy atom. The van der Waals surface area contributed by atoms with Crippen LogP contribution in [0.15, 0.2) is 17.5 Å². The van der Waals surface area contributed by atoms with E-state index < -0.39 is 5.97 Å². The number of piperidine rings is 1. The Bertz CT molecular complexity index is 548. The molecule has 0 saturated carbocycles. The van der Waals surface area contributed by atoms with Crippen molar-refractivity contribution in [3.05, 3.63) is 22.4 Å². The predicted molar refractivity (Wildman–Crippen MR) is 87.1 cm³/mol. The van der Waals surface area contributed by atoms with Crippen molar-refractivity contribution in [1.82, 2.24) is 10.2 Å². The first-order chi connectivity index (χ1) is 11.0. The van der Waals surface area contributed by atoms with E-state index in [4.69, 9.17) is 4.74 Å². The van der Waals surface area contributed by atoms with Crippen molar-refractivity contribution in [2.45, 2.75) is 20.3 Å². The van der Waals surface area contributed by atoms with Gasteiger partial charge in [0.1, 0.15) is 6.54 Å². The molecule has 0 radical (unpaired) electrons. The van der Waals surface area contributed by atoms with E-state index in [1.165, 1.54) is 11.3 Å². The molecule has 7 heteroatoms. The topological polar surface area (TPSA) is 75.7 Å². The second-order valence-electron chi connectivity index (χ2n) is 6.07. The summed E-state index contributed by atoms with van der Waals surface area (Å²) in [5, 5.41) is 4.26. The predicted octanol–water partition coefficient (Wildman–Crippen LogP) is 1.53. The van der Waals surface area contributed by atoms with E-state index in [0.717, 1.165) is 6.42 Å². The van der Waals surface area contributed by atoms with Gasteiger partial charge in [0.25, 0.3) is 11.8 Å². The summed E-state index contributed by atoms with van der Waals surface area (Å²) in [5.74, 6) is -0.184. The van der Waals surface area contributed by atoms with Gasteiger partial charge in [0.05, 0.1) is 4.88 Å². The van der Waals surface area contributed by atoms with E-state index in [2.05, 4.69) is 19.2 Å². The summed E-state index contributed by atoms with van der Waals surface area (Å²) < 4.78 is 4.95. The van der Waals surface area contributed by atoms with Crippen LogP contribution in [0.3, 0.4) is 0 Å². The molecule has 0 aliphatic carbocycles. The Morgan fingerprint density at radius 3 is 2.61 bits per heavy atom. The van der Waals surface area contributed by atoms with Crippen LogP contribution in [0.1, 0.15) is 29.9 Å². The molecule has 1 N–H and O–H groups in total. The van der Waals surface area contributed by atoms with Gasteiger partial charge in [-0.25, -0.2) is 0 Å². The zero-order valence-electron chi connectivity index (χ0n) is 13.4. The summed E-state index contributed by atoms with van der Waals surface area (Å²) >= 11 is 1.30. The van der Waals surface area contributed by atoms with Crippen LogP contribution in [-0.4, -0.2) is 48.9 Å². The number of thiophene rings is 1. The van der Waals surface area contributed by atoms with Gasteiger partial charge in [0.15, 0.2) is 6.61 Å². The molecular formula is C16H22N2O4S. The summed E-state index contributed by atoms with van der Waals surface area (Å²) in [6, 6.07) is 3.44. The monoisotopic (exact) mass is 338 g/mol. The number of nitrogens with zero attached hydrogens (tertiary/aromatic N) is 1. The standard InChI is InChI=1S/C16H22N2O4S/c1-11-6-12(2)9-18(8-11)14(19)10-22-15(20)7-17-16(21)13-4-3-5-23-13/h3-5,11-12H,6-10H2,1-2H3,(H,17,21)/t11-,12+. The number of esters is 1. The van der Waals surface area contributed by atoms with E-state index in [0.29, 0.717) is 29.8 Å². The number of carbonyl (C=O) groups excluding carboxylic acids is 3. The second-order valence-corrected chi connectivity index (χ2v) is 7.01. The first-order valence-electron chi connectivity index (χ1n) is 7.70. The van der Waals surface area contributed by atoms with Crippen molar-refractivity contribution in [1.29, 1.82) is 0 Å². The first-order valence-corrected chi connectivity index (χ1v) is 8.58. The highest BCUT2D eigenvalue weighted by Crippen LogP contribution is 2.20. The van der Waals surface area contributed by atoms with Gasteiger partial charge in [0.2, 0.25) is 0 Å². The van der Waals surface area contributed by atoms with Gasteiger partial charge in [-0.3, -0.25) is 14.4 Å². The molecule has 2 atom stereocenters. The number of ether oxygens (including phenoxy) is 1. The summed E-state index contributed by atoms with van der Waals surface area (Å²) in [7, 11) is 0. The molecule has 1 saturated heterocycles. The zero-order valence-corrected chi connectivity index (χ0v) is 14.2. The summed E-state index contributed by atoms with van der Waals surface area (Å²) in [4.78, 5) is 37.7. The van der Waals surface area contributed by atoms with E-state index in [1.54, 1.807) is 22.4 Å². The van der Waals surface area contributed by atoms with Crippen LogP contribution in [0.25, 0.3) is 0 Å². The van der Waals surface area contributed by atoms with E-state index >= 15 is 0 Å². The van der Waals surface area contributed by atoms with Gasteiger partial charge in [-0.05, 0) is 29.7 Å². The average Bonchev–Trinajstić information content (AvgIpc) is 3.03. The fourth-order valence-corrected chi connectivity index (χ4v) is 3.44. The Kier molecular flexibility index (Phi) is 6.15. The van der Waals surface area contributed by atoms with Crippen molar-refractivity contribution in [2.75, 3.05) is 26.2 Å².